The van der Waals surface area contributed by atoms with Gasteiger partial charge < -0.3 is 5.11 Å². The molecule has 0 fully saturated rings. The molecule has 162 valence electrons. The second-order valence-corrected chi connectivity index (χ2v) is 8.39. The Morgan fingerprint density at radius 1 is 1.03 bits per heavy atom. The molecule has 0 aliphatic rings. The number of thioether (sulfide) groups is 1. The number of allylic oxidation sites excluding steroid dienone is 1. The molecule has 6 nitrogen and oxygen atoms in total. The number of Topliss-reactive ketones (excluding diaryl/α,β-unsaturated/α-hetero) is 1. The Morgan fingerprint density at radius 3 is 2.25 bits per heavy atom. The first-order valence-corrected chi connectivity index (χ1v) is 10.8. The lowest BCUT2D eigenvalue weighted by atomic mass is 10.1. The van der Waals surface area contributed by atoms with Gasteiger partial charge in [0.2, 0.25) is 0 Å². The quantitative estimate of drug-likeness (QED) is 0.178. The van der Waals surface area contributed by atoms with E-state index in [0.717, 1.165) is 11.1 Å². The maximum absolute atomic E-state index is 13.2. The first kappa shape index (κ1) is 23.2. The molecule has 3 aromatic carbocycles. The highest BCUT2D eigenvalue weighted by Crippen LogP contribution is 2.30. The van der Waals surface area contributed by atoms with Crippen LogP contribution in [0.4, 0.5) is 5.69 Å². The zero-order valence-corrected chi connectivity index (χ0v) is 18.5. The highest BCUT2D eigenvalue weighted by molar-refractivity contribution is 8.03. The number of nitrogens with zero attached hydrogens (tertiary/aromatic N) is 1. The fourth-order valence-corrected chi connectivity index (χ4v) is 4.00. The summed E-state index contributed by atoms with van der Waals surface area (Å²) in [6, 6.07) is 17.9. The van der Waals surface area contributed by atoms with Gasteiger partial charge in [-0.2, -0.15) is 0 Å². The fraction of sp³-hybridized carbons (Fsp3) is 0.0833. The normalized spacial score (nSPS) is 11.2. The third-order valence-electron chi connectivity index (χ3n) is 4.60. The molecule has 8 heteroatoms. The molecule has 1 N–H and O–H groups in total. The van der Waals surface area contributed by atoms with Crippen molar-refractivity contribution in [2.75, 3.05) is 0 Å². The largest absolute Gasteiger partial charge is 0.478 e. The molecule has 0 saturated carbocycles. The molecule has 0 radical (unpaired) electrons. The van der Waals surface area contributed by atoms with Crippen molar-refractivity contribution in [3.63, 3.8) is 0 Å². The van der Waals surface area contributed by atoms with Gasteiger partial charge in [0, 0.05) is 17.4 Å². The Kier molecular flexibility index (Phi) is 7.45. The summed E-state index contributed by atoms with van der Waals surface area (Å²) in [5, 5.41) is 20.3. The van der Waals surface area contributed by atoms with E-state index < -0.39 is 10.9 Å². The Labute approximate surface area is 193 Å². The van der Waals surface area contributed by atoms with E-state index in [0.29, 0.717) is 21.8 Å². The second-order valence-electron chi connectivity index (χ2n) is 6.96. The maximum Gasteiger partial charge on any atom is 0.335 e. The molecule has 0 saturated heterocycles. The predicted molar refractivity (Wildman–Crippen MR) is 126 cm³/mol. The van der Waals surface area contributed by atoms with Crippen LogP contribution in [0, 0.1) is 17.0 Å². The number of halogens is 1. The van der Waals surface area contributed by atoms with Gasteiger partial charge in [0.1, 0.15) is 5.02 Å². The number of carboxylic acids is 1. The van der Waals surface area contributed by atoms with Crippen molar-refractivity contribution in [1.29, 1.82) is 0 Å². The summed E-state index contributed by atoms with van der Waals surface area (Å²) < 4.78 is 0. The maximum atomic E-state index is 13.2. The van der Waals surface area contributed by atoms with E-state index in [9.17, 15) is 19.7 Å². The van der Waals surface area contributed by atoms with Crippen LogP contribution in [-0.2, 0) is 5.75 Å². The highest BCUT2D eigenvalue weighted by atomic mass is 35.5. The van der Waals surface area contributed by atoms with Gasteiger partial charge >= 0.3 is 5.97 Å². The molecule has 0 unspecified atom stereocenters. The minimum Gasteiger partial charge on any atom is -0.478 e. The number of aryl methyl sites for hydroxylation is 1. The average Bonchev–Trinajstić information content (AvgIpc) is 2.78. The third-order valence-corrected chi connectivity index (χ3v) is 6.01. The van der Waals surface area contributed by atoms with Gasteiger partial charge in [0.05, 0.1) is 15.4 Å². The van der Waals surface area contributed by atoms with Crippen LogP contribution in [0.5, 0.6) is 0 Å². The lowest BCUT2D eigenvalue weighted by Gasteiger charge is -2.09. The van der Waals surface area contributed by atoms with Gasteiger partial charge in [-0.25, -0.2) is 4.79 Å². The number of nitro benzene ring substituents is 1. The fourth-order valence-electron chi connectivity index (χ4n) is 2.84. The van der Waals surface area contributed by atoms with Crippen LogP contribution in [0.1, 0.15) is 37.4 Å². The number of ketones is 1. The molecule has 0 spiro atoms. The Balaban J connectivity index is 1.96. The van der Waals surface area contributed by atoms with Crippen LogP contribution in [0.25, 0.3) is 6.08 Å². The first-order valence-electron chi connectivity index (χ1n) is 9.46. The summed E-state index contributed by atoms with van der Waals surface area (Å²) >= 11 is 7.20. The van der Waals surface area contributed by atoms with E-state index in [2.05, 4.69) is 0 Å². The van der Waals surface area contributed by atoms with Crippen LogP contribution in [0.2, 0.25) is 5.02 Å². The van der Waals surface area contributed by atoms with Gasteiger partial charge in [-0.3, -0.25) is 14.9 Å². The van der Waals surface area contributed by atoms with Crippen molar-refractivity contribution < 1.29 is 19.6 Å². The highest BCUT2D eigenvalue weighted by Gasteiger charge is 2.17. The van der Waals surface area contributed by atoms with E-state index in [1.54, 1.807) is 12.1 Å². The lowest BCUT2D eigenvalue weighted by Crippen LogP contribution is -2.03. The molecular weight excluding hydrogens is 450 g/mol. The van der Waals surface area contributed by atoms with Crippen molar-refractivity contribution >= 4 is 46.9 Å². The third kappa shape index (κ3) is 5.84. The molecule has 0 amide bonds. The Hall–Kier alpha value is -3.42. The number of aromatic carboxylic acids is 1. The second kappa shape index (κ2) is 10.3. The van der Waals surface area contributed by atoms with E-state index in [1.807, 2.05) is 31.2 Å². The van der Waals surface area contributed by atoms with Crippen molar-refractivity contribution in [2.45, 2.75) is 12.7 Å². The average molecular weight is 468 g/mol. The smallest absolute Gasteiger partial charge is 0.335 e. The first-order chi connectivity index (χ1) is 15.2. The number of carbonyl (C=O) groups excluding carboxylic acids is 1. The molecule has 0 aliphatic heterocycles. The summed E-state index contributed by atoms with van der Waals surface area (Å²) in [5.74, 6) is -0.876. The molecule has 0 heterocycles. The molecule has 0 aromatic heterocycles. The number of hydrogen-bond acceptors (Lipinski definition) is 5. The molecule has 0 atom stereocenters. The monoisotopic (exact) mass is 467 g/mol. The van der Waals surface area contributed by atoms with Crippen molar-refractivity contribution in [3.8, 4) is 0 Å². The number of benzene rings is 3. The van der Waals surface area contributed by atoms with E-state index in [4.69, 9.17) is 16.7 Å². The van der Waals surface area contributed by atoms with Gasteiger partial charge in [-0.1, -0.05) is 59.6 Å². The predicted octanol–water partition coefficient (Wildman–Crippen LogP) is 6.41. The van der Waals surface area contributed by atoms with Gasteiger partial charge in [-0.05, 0) is 42.3 Å². The number of hydrogen-bond donors (Lipinski definition) is 1. The number of nitro groups is 1. The summed E-state index contributed by atoms with van der Waals surface area (Å²) in [4.78, 5) is 35.3. The minimum absolute atomic E-state index is 0.0107. The van der Waals surface area contributed by atoms with Crippen molar-refractivity contribution in [2.24, 2.45) is 0 Å². The molecule has 0 aliphatic carbocycles. The van der Waals surface area contributed by atoms with Crippen molar-refractivity contribution in [3.05, 3.63) is 115 Å². The summed E-state index contributed by atoms with van der Waals surface area (Å²) in [6.07, 6.45) is 1.58. The molecule has 32 heavy (non-hydrogen) atoms. The van der Waals surface area contributed by atoms with Crippen LogP contribution in [0.15, 0.2) is 71.6 Å². The minimum atomic E-state index is -1.08. The van der Waals surface area contributed by atoms with Crippen LogP contribution >= 0.6 is 23.4 Å². The number of rotatable bonds is 8. The van der Waals surface area contributed by atoms with Gasteiger partial charge in [0.15, 0.2) is 5.78 Å². The SMILES string of the molecule is Cc1ccc(CS/C(=C/c2ccc(Cl)c([N+](=O)[O-])c2)C(=O)c2ccc(C(=O)O)cc2)cc1. The van der Waals surface area contributed by atoms with Crippen molar-refractivity contribution in [1.82, 2.24) is 0 Å². The number of carboxylic acid groups (broad SMARTS) is 1. The molecular formula is C24H18ClNO5S. The lowest BCUT2D eigenvalue weighted by molar-refractivity contribution is -0.384. The van der Waals surface area contributed by atoms with E-state index >= 15 is 0 Å². The van der Waals surface area contributed by atoms with Crippen LogP contribution in [-0.4, -0.2) is 21.8 Å². The number of carbonyl (C=O) groups is 2. The van der Waals surface area contributed by atoms with E-state index in [-0.39, 0.29) is 22.1 Å². The summed E-state index contributed by atoms with van der Waals surface area (Å²) in [7, 11) is 0. The van der Waals surface area contributed by atoms with Crippen LogP contribution in [0.3, 0.4) is 0 Å². The van der Waals surface area contributed by atoms with Gasteiger partial charge in [-0.15, -0.1) is 11.8 Å². The van der Waals surface area contributed by atoms with Gasteiger partial charge in [0.25, 0.3) is 5.69 Å². The standard InChI is InChI=1S/C24H18ClNO5S/c1-15-2-4-16(5-3-15)14-32-22(13-17-6-11-20(25)21(12-17)26(30)31)23(27)18-7-9-19(10-8-18)24(28)29/h2-13H,14H2,1H3,(H,28,29)/b22-13+. The van der Waals surface area contributed by atoms with Crippen LogP contribution < -0.4 is 0 Å². The summed E-state index contributed by atoms with van der Waals surface area (Å²) in [5.41, 5.74) is 2.75. The molecule has 3 aromatic rings. The molecule has 0 bridgehead atoms. The Bertz CT molecular complexity index is 1200. The zero-order valence-electron chi connectivity index (χ0n) is 16.9. The topological polar surface area (TPSA) is 97.5 Å². The van der Waals surface area contributed by atoms with E-state index in [1.165, 1.54) is 48.2 Å². The Morgan fingerprint density at radius 2 is 1.66 bits per heavy atom. The summed E-state index contributed by atoms with van der Waals surface area (Å²) in [6.45, 7) is 1.99. The molecule has 3 rings (SSSR count). The zero-order chi connectivity index (χ0) is 23.3.